The molecule has 1 aromatic rings. The molecule has 0 aliphatic heterocycles. The van der Waals surface area contributed by atoms with Crippen LogP contribution in [0.3, 0.4) is 0 Å². The highest BCUT2D eigenvalue weighted by Gasteiger charge is 2.12. The number of aromatic amines is 1. The van der Waals surface area contributed by atoms with Crippen LogP contribution < -0.4 is 5.32 Å². The Kier molecular flexibility index (Phi) is 5.50. The number of carbonyl (C=O) groups excluding carboxylic acids is 1. The van der Waals surface area contributed by atoms with Crippen LogP contribution in [0.5, 0.6) is 0 Å². The van der Waals surface area contributed by atoms with E-state index < -0.39 is 5.97 Å². The number of carboxylic acids is 1. The first-order valence-corrected chi connectivity index (χ1v) is 6.12. The lowest BCUT2D eigenvalue weighted by Gasteiger charge is -2.15. The van der Waals surface area contributed by atoms with Crippen molar-refractivity contribution in [2.45, 2.75) is 26.7 Å². The number of carboxylic acid groups (broad SMARTS) is 1. The van der Waals surface area contributed by atoms with E-state index in [1.165, 1.54) is 0 Å². The number of amides is 1. The zero-order valence-corrected chi connectivity index (χ0v) is 11.5. The van der Waals surface area contributed by atoms with E-state index in [0.29, 0.717) is 18.7 Å². The van der Waals surface area contributed by atoms with E-state index >= 15 is 0 Å². The zero-order chi connectivity index (χ0) is 14.4. The van der Waals surface area contributed by atoms with E-state index in [2.05, 4.69) is 15.5 Å². The number of nitrogens with zero attached hydrogens (tertiary/aromatic N) is 2. The summed E-state index contributed by atoms with van der Waals surface area (Å²) in [5, 5.41) is 18.1. The lowest BCUT2D eigenvalue weighted by Crippen LogP contribution is -2.31. The molecule has 0 saturated heterocycles. The molecule has 0 saturated carbocycles. The predicted octanol–water partition coefficient (Wildman–Crippen LogP) is 0.762. The van der Waals surface area contributed by atoms with Crippen LogP contribution in [0.15, 0.2) is 0 Å². The van der Waals surface area contributed by atoms with Crippen LogP contribution in [0.25, 0.3) is 0 Å². The molecule has 0 fully saturated rings. The molecule has 0 aliphatic carbocycles. The standard InChI is InChI=1S/C12H20N4O3/c1-8-12(9(2)15-14-8)13-10(17)7-16(3)6-4-5-11(18)19/h4-7H2,1-3H3,(H,13,17)(H,14,15)(H,18,19). The second kappa shape index (κ2) is 6.89. The molecule has 19 heavy (non-hydrogen) atoms. The summed E-state index contributed by atoms with van der Waals surface area (Å²) in [4.78, 5) is 24.0. The smallest absolute Gasteiger partial charge is 0.303 e. The van der Waals surface area contributed by atoms with Gasteiger partial charge in [0.15, 0.2) is 0 Å². The number of rotatable bonds is 7. The first-order valence-electron chi connectivity index (χ1n) is 6.12. The van der Waals surface area contributed by atoms with Crippen molar-refractivity contribution in [1.29, 1.82) is 0 Å². The number of aryl methyl sites for hydroxylation is 2. The number of aliphatic carboxylic acids is 1. The number of hydrogen-bond acceptors (Lipinski definition) is 4. The molecule has 1 aromatic heterocycles. The van der Waals surface area contributed by atoms with E-state index in [0.717, 1.165) is 11.4 Å². The van der Waals surface area contributed by atoms with E-state index in [9.17, 15) is 9.59 Å². The maximum atomic E-state index is 11.8. The van der Waals surface area contributed by atoms with Crippen molar-refractivity contribution in [2.24, 2.45) is 0 Å². The van der Waals surface area contributed by atoms with Crippen LogP contribution in [0, 0.1) is 13.8 Å². The Morgan fingerprint density at radius 1 is 1.42 bits per heavy atom. The molecule has 1 amide bonds. The first-order chi connectivity index (χ1) is 8.90. The molecule has 0 unspecified atom stereocenters. The number of likely N-dealkylation sites (N-methyl/N-ethyl adjacent to an activating group) is 1. The summed E-state index contributed by atoms with van der Waals surface area (Å²) in [7, 11) is 1.79. The van der Waals surface area contributed by atoms with Crippen molar-refractivity contribution >= 4 is 17.6 Å². The van der Waals surface area contributed by atoms with Crippen LogP contribution >= 0.6 is 0 Å². The Labute approximate surface area is 112 Å². The van der Waals surface area contributed by atoms with Crippen LogP contribution in [0.4, 0.5) is 5.69 Å². The topological polar surface area (TPSA) is 98.3 Å². The molecule has 0 aromatic carbocycles. The highest BCUT2D eigenvalue weighted by atomic mass is 16.4. The third-order valence-corrected chi connectivity index (χ3v) is 2.74. The fraction of sp³-hybridized carbons (Fsp3) is 0.583. The highest BCUT2D eigenvalue weighted by Crippen LogP contribution is 2.15. The van der Waals surface area contributed by atoms with Crippen LogP contribution in [-0.2, 0) is 9.59 Å². The largest absolute Gasteiger partial charge is 0.481 e. The molecular weight excluding hydrogens is 248 g/mol. The van der Waals surface area contributed by atoms with Gasteiger partial charge in [0.1, 0.15) is 0 Å². The Hall–Kier alpha value is -1.89. The van der Waals surface area contributed by atoms with E-state index in [1.807, 2.05) is 13.8 Å². The van der Waals surface area contributed by atoms with Crippen LogP contribution in [0.2, 0.25) is 0 Å². The maximum Gasteiger partial charge on any atom is 0.303 e. The molecular formula is C12H20N4O3. The molecule has 7 heteroatoms. The Bertz CT molecular complexity index is 436. The first kappa shape index (κ1) is 15.2. The minimum absolute atomic E-state index is 0.117. The highest BCUT2D eigenvalue weighted by molar-refractivity contribution is 5.93. The Morgan fingerprint density at radius 3 is 2.63 bits per heavy atom. The van der Waals surface area contributed by atoms with Crippen molar-refractivity contribution in [1.82, 2.24) is 15.1 Å². The number of H-pyrrole nitrogens is 1. The summed E-state index contributed by atoms with van der Waals surface area (Å²) >= 11 is 0. The van der Waals surface area contributed by atoms with Gasteiger partial charge in [-0.15, -0.1) is 0 Å². The second-order valence-corrected chi connectivity index (χ2v) is 4.59. The minimum Gasteiger partial charge on any atom is -0.481 e. The van der Waals surface area contributed by atoms with E-state index in [-0.39, 0.29) is 18.9 Å². The number of nitrogens with one attached hydrogen (secondary N) is 2. The SMILES string of the molecule is Cc1n[nH]c(C)c1NC(=O)CN(C)CCCC(=O)O. The van der Waals surface area contributed by atoms with E-state index in [1.54, 1.807) is 11.9 Å². The van der Waals surface area contributed by atoms with E-state index in [4.69, 9.17) is 5.11 Å². The third kappa shape index (κ3) is 5.09. The number of carbonyl (C=O) groups is 2. The molecule has 1 rings (SSSR count). The molecule has 0 bridgehead atoms. The molecule has 106 valence electrons. The monoisotopic (exact) mass is 268 g/mol. The average molecular weight is 268 g/mol. The number of anilines is 1. The summed E-state index contributed by atoms with van der Waals surface area (Å²) in [6.07, 6.45) is 0.648. The van der Waals surface area contributed by atoms with Gasteiger partial charge in [-0.05, 0) is 33.9 Å². The van der Waals surface area contributed by atoms with Gasteiger partial charge in [0, 0.05) is 6.42 Å². The van der Waals surface area contributed by atoms with Gasteiger partial charge in [0.2, 0.25) is 5.91 Å². The third-order valence-electron chi connectivity index (χ3n) is 2.74. The molecule has 0 atom stereocenters. The van der Waals surface area contributed by atoms with Crippen molar-refractivity contribution < 1.29 is 14.7 Å². The average Bonchev–Trinajstić information content (AvgIpc) is 2.60. The number of aromatic nitrogens is 2. The maximum absolute atomic E-state index is 11.8. The fourth-order valence-corrected chi connectivity index (χ4v) is 1.74. The molecule has 0 aliphatic rings. The fourth-order valence-electron chi connectivity index (χ4n) is 1.74. The Balaban J connectivity index is 2.37. The lowest BCUT2D eigenvalue weighted by molar-refractivity contribution is -0.137. The van der Waals surface area contributed by atoms with Crippen LogP contribution in [0.1, 0.15) is 24.2 Å². The van der Waals surface area contributed by atoms with Crippen molar-refractivity contribution in [3.05, 3.63) is 11.4 Å². The molecule has 3 N–H and O–H groups in total. The molecule has 7 nitrogen and oxygen atoms in total. The minimum atomic E-state index is -0.817. The summed E-state index contributed by atoms with van der Waals surface area (Å²) in [6.45, 7) is 4.45. The van der Waals surface area contributed by atoms with Gasteiger partial charge >= 0.3 is 5.97 Å². The number of hydrogen-bond donors (Lipinski definition) is 3. The van der Waals surface area contributed by atoms with Gasteiger partial charge in [0.05, 0.1) is 23.6 Å². The quantitative estimate of drug-likeness (QED) is 0.678. The predicted molar refractivity (Wildman–Crippen MR) is 71.1 cm³/mol. The van der Waals surface area contributed by atoms with Crippen molar-refractivity contribution in [3.63, 3.8) is 0 Å². The molecule has 0 spiro atoms. The van der Waals surface area contributed by atoms with Gasteiger partial charge < -0.3 is 10.4 Å². The Morgan fingerprint density at radius 2 is 2.11 bits per heavy atom. The molecule has 0 radical (unpaired) electrons. The second-order valence-electron chi connectivity index (χ2n) is 4.59. The normalized spacial score (nSPS) is 10.7. The zero-order valence-electron chi connectivity index (χ0n) is 11.5. The summed E-state index contributed by atoms with van der Waals surface area (Å²) < 4.78 is 0. The van der Waals surface area contributed by atoms with Gasteiger partial charge in [-0.2, -0.15) is 5.10 Å². The van der Waals surface area contributed by atoms with Crippen LogP contribution in [-0.4, -0.2) is 52.2 Å². The van der Waals surface area contributed by atoms with Gasteiger partial charge in [-0.1, -0.05) is 0 Å². The lowest BCUT2D eigenvalue weighted by atomic mass is 10.3. The van der Waals surface area contributed by atoms with Gasteiger partial charge in [0.25, 0.3) is 0 Å². The van der Waals surface area contributed by atoms with Gasteiger partial charge in [-0.25, -0.2) is 0 Å². The van der Waals surface area contributed by atoms with Gasteiger partial charge in [-0.3, -0.25) is 19.6 Å². The van der Waals surface area contributed by atoms with Crippen molar-refractivity contribution in [3.8, 4) is 0 Å². The van der Waals surface area contributed by atoms with Crippen molar-refractivity contribution in [2.75, 3.05) is 25.5 Å². The summed E-state index contributed by atoms with van der Waals surface area (Å²) in [5.74, 6) is -0.951. The summed E-state index contributed by atoms with van der Waals surface area (Å²) in [5.41, 5.74) is 2.28. The summed E-state index contributed by atoms with van der Waals surface area (Å²) in [6, 6.07) is 0. The molecule has 1 heterocycles.